The van der Waals surface area contributed by atoms with Crippen LogP contribution in [0.2, 0.25) is 0 Å². The van der Waals surface area contributed by atoms with Crippen LogP contribution in [-0.2, 0) is 17.0 Å². The Morgan fingerprint density at radius 3 is 2.96 bits per heavy atom. The molecule has 0 saturated carbocycles. The quantitative estimate of drug-likeness (QED) is 0.500. The van der Waals surface area contributed by atoms with Crippen LogP contribution in [0.4, 0.5) is 0 Å². The Balaban J connectivity index is 1.68. The third-order valence-electron chi connectivity index (χ3n) is 4.66. The molecule has 0 radical (unpaired) electrons. The Morgan fingerprint density at radius 1 is 1.26 bits per heavy atom. The summed E-state index contributed by atoms with van der Waals surface area (Å²) in [6, 6.07) is 17.1. The molecule has 6 heteroatoms. The fourth-order valence-electron chi connectivity index (χ4n) is 3.29. The van der Waals surface area contributed by atoms with Crippen molar-refractivity contribution < 1.29 is 4.74 Å². The number of aromatic nitrogens is 2. The Kier molecular flexibility index (Phi) is 5.23. The van der Waals surface area contributed by atoms with Crippen molar-refractivity contribution in [1.29, 1.82) is 5.26 Å². The highest BCUT2D eigenvalue weighted by atomic mass is 32.2. The van der Waals surface area contributed by atoms with Crippen molar-refractivity contribution >= 4 is 22.7 Å². The monoisotopic (exact) mass is 377 g/mol. The summed E-state index contributed by atoms with van der Waals surface area (Å²) in [4.78, 5) is 17.8. The van der Waals surface area contributed by atoms with E-state index < -0.39 is 0 Å². The molecule has 1 aliphatic rings. The Labute approximate surface area is 161 Å². The van der Waals surface area contributed by atoms with Crippen LogP contribution in [0.25, 0.3) is 10.9 Å². The zero-order valence-corrected chi connectivity index (χ0v) is 15.6. The van der Waals surface area contributed by atoms with Crippen molar-refractivity contribution in [2.75, 3.05) is 6.61 Å². The van der Waals surface area contributed by atoms with Gasteiger partial charge in [-0.15, -0.1) is 0 Å². The second kappa shape index (κ2) is 7.95. The lowest BCUT2D eigenvalue weighted by molar-refractivity contribution is 0.0937. The predicted molar refractivity (Wildman–Crippen MR) is 106 cm³/mol. The van der Waals surface area contributed by atoms with Gasteiger partial charge in [0.05, 0.1) is 35.2 Å². The molecule has 3 aromatic rings. The van der Waals surface area contributed by atoms with E-state index in [0.717, 1.165) is 25.0 Å². The molecule has 0 aliphatic carbocycles. The van der Waals surface area contributed by atoms with Crippen LogP contribution >= 0.6 is 11.8 Å². The third kappa shape index (κ3) is 3.90. The van der Waals surface area contributed by atoms with E-state index in [-0.39, 0.29) is 11.7 Å². The van der Waals surface area contributed by atoms with E-state index in [0.29, 0.717) is 33.9 Å². The van der Waals surface area contributed by atoms with Crippen molar-refractivity contribution in [1.82, 2.24) is 9.55 Å². The zero-order chi connectivity index (χ0) is 18.6. The fraction of sp³-hybridized carbons (Fsp3) is 0.286. The molecule has 0 amide bonds. The third-order valence-corrected chi connectivity index (χ3v) is 5.71. The summed E-state index contributed by atoms with van der Waals surface area (Å²) < 4.78 is 7.49. The van der Waals surface area contributed by atoms with E-state index in [2.05, 4.69) is 6.07 Å². The molecule has 0 N–H and O–H groups in total. The normalized spacial score (nSPS) is 16.5. The maximum atomic E-state index is 13.1. The summed E-state index contributed by atoms with van der Waals surface area (Å²) in [5, 5.41) is 10.4. The molecule has 136 valence electrons. The Hall–Kier alpha value is -2.62. The lowest BCUT2D eigenvalue weighted by Crippen LogP contribution is -2.28. The van der Waals surface area contributed by atoms with Gasteiger partial charge in [0.2, 0.25) is 0 Å². The van der Waals surface area contributed by atoms with Crippen molar-refractivity contribution in [2.45, 2.75) is 36.4 Å². The number of para-hydroxylation sites is 1. The number of nitriles is 1. The maximum absolute atomic E-state index is 13.1. The lowest BCUT2D eigenvalue weighted by atomic mass is 10.2. The Morgan fingerprint density at radius 2 is 2.15 bits per heavy atom. The van der Waals surface area contributed by atoms with E-state index in [4.69, 9.17) is 15.0 Å². The van der Waals surface area contributed by atoms with Gasteiger partial charge < -0.3 is 4.74 Å². The minimum absolute atomic E-state index is 0.0237. The van der Waals surface area contributed by atoms with E-state index >= 15 is 0 Å². The van der Waals surface area contributed by atoms with Crippen molar-refractivity contribution in [3.63, 3.8) is 0 Å². The van der Waals surface area contributed by atoms with Crippen LogP contribution in [0.5, 0.6) is 0 Å². The molecule has 1 aromatic heterocycles. The molecule has 1 unspecified atom stereocenters. The second-order valence-corrected chi connectivity index (χ2v) is 7.51. The number of thioether (sulfide) groups is 1. The van der Waals surface area contributed by atoms with Gasteiger partial charge in [0.25, 0.3) is 5.56 Å². The van der Waals surface area contributed by atoms with Crippen LogP contribution < -0.4 is 5.56 Å². The average Bonchev–Trinajstić information content (AvgIpc) is 3.22. The van der Waals surface area contributed by atoms with Crippen LogP contribution in [-0.4, -0.2) is 22.3 Å². The van der Waals surface area contributed by atoms with Crippen LogP contribution in [0.1, 0.15) is 24.0 Å². The van der Waals surface area contributed by atoms with Gasteiger partial charge in [0.15, 0.2) is 5.16 Å². The molecule has 1 saturated heterocycles. The SMILES string of the molecule is N#Cc1cccc(CSc2nc3ccccc3c(=O)n2CC2CCCO2)c1. The number of ether oxygens (including phenoxy) is 1. The molecule has 1 atom stereocenters. The minimum Gasteiger partial charge on any atom is -0.376 e. The van der Waals surface area contributed by atoms with Crippen molar-refractivity contribution in [3.8, 4) is 6.07 Å². The van der Waals surface area contributed by atoms with E-state index in [1.54, 1.807) is 10.6 Å². The van der Waals surface area contributed by atoms with E-state index in [1.165, 1.54) is 11.8 Å². The number of fused-ring (bicyclic) bond motifs is 1. The highest BCUT2D eigenvalue weighted by Gasteiger charge is 2.20. The van der Waals surface area contributed by atoms with Crippen molar-refractivity contribution in [2.24, 2.45) is 0 Å². The van der Waals surface area contributed by atoms with Crippen LogP contribution in [0, 0.1) is 11.3 Å². The second-order valence-electron chi connectivity index (χ2n) is 6.56. The first-order valence-electron chi connectivity index (χ1n) is 8.97. The summed E-state index contributed by atoms with van der Waals surface area (Å²) in [7, 11) is 0. The molecule has 1 aliphatic heterocycles. The standard InChI is InChI=1S/C21H19N3O2S/c22-12-15-5-3-6-16(11-15)14-27-21-23-19-9-2-1-8-18(19)20(25)24(21)13-17-7-4-10-26-17/h1-3,5-6,8-9,11,17H,4,7,10,13-14H2. The van der Waals surface area contributed by atoms with E-state index in [9.17, 15) is 4.79 Å². The molecular weight excluding hydrogens is 358 g/mol. The number of hydrogen-bond acceptors (Lipinski definition) is 5. The Bertz CT molecular complexity index is 1060. The summed E-state index contributed by atoms with van der Waals surface area (Å²) in [5.41, 5.74) is 2.35. The summed E-state index contributed by atoms with van der Waals surface area (Å²) in [6.07, 6.45) is 2.06. The van der Waals surface area contributed by atoms with E-state index in [1.807, 2.05) is 42.5 Å². The summed E-state index contributed by atoms with van der Waals surface area (Å²) in [5.74, 6) is 0.645. The van der Waals surface area contributed by atoms with Gasteiger partial charge in [-0.1, -0.05) is 36.0 Å². The fourth-order valence-corrected chi connectivity index (χ4v) is 4.24. The lowest BCUT2D eigenvalue weighted by Gasteiger charge is -2.16. The highest BCUT2D eigenvalue weighted by Crippen LogP contribution is 2.24. The average molecular weight is 377 g/mol. The van der Waals surface area contributed by atoms with Gasteiger partial charge in [0.1, 0.15) is 0 Å². The maximum Gasteiger partial charge on any atom is 0.262 e. The number of hydrogen-bond donors (Lipinski definition) is 0. The molecule has 2 heterocycles. The smallest absolute Gasteiger partial charge is 0.262 e. The molecule has 1 fully saturated rings. The topological polar surface area (TPSA) is 67.9 Å². The molecular formula is C21H19N3O2S. The molecule has 5 nitrogen and oxygen atoms in total. The van der Waals surface area contributed by atoms with Gasteiger partial charge >= 0.3 is 0 Å². The van der Waals surface area contributed by atoms with Crippen LogP contribution in [0.3, 0.4) is 0 Å². The minimum atomic E-state index is -0.0237. The first kappa shape index (κ1) is 17.8. The summed E-state index contributed by atoms with van der Waals surface area (Å²) in [6.45, 7) is 1.28. The van der Waals surface area contributed by atoms with Gasteiger partial charge in [-0.2, -0.15) is 5.26 Å². The van der Waals surface area contributed by atoms with Gasteiger partial charge in [-0.05, 0) is 42.7 Å². The number of nitrogens with zero attached hydrogens (tertiary/aromatic N) is 3. The van der Waals surface area contributed by atoms with Gasteiger partial charge in [-0.25, -0.2) is 4.98 Å². The van der Waals surface area contributed by atoms with Crippen LogP contribution in [0.15, 0.2) is 58.5 Å². The van der Waals surface area contributed by atoms with Gasteiger partial charge in [0, 0.05) is 12.4 Å². The van der Waals surface area contributed by atoms with Gasteiger partial charge in [-0.3, -0.25) is 9.36 Å². The van der Waals surface area contributed by atoms with Crippen molar-refractivity contribution in [3.05, 3.63) is 70.0 Å². The first-order chi connectivity index (χ1) is 13.2. The predicted octanol–water partition coefficient (Wildman–Crippen LogP) is 3.74. The highest BCUT2D eigenvalue weighted by molar-refractivity contribution is 7.98. The largest absolute Gasteiger partial charge is 0.376 e. The molecule has 0 bridgehead atoms. The molecule has 27 heavy (non-hydrogen) atoms. The molecule has 2 aromatic carbocycles. The first-order valence-corrected chi connectivity index (χ1v) is 9.96. The zero-order valence-electron chi connectivity index (χ0n) is 14.8. The molecule has 4 rings (SSSR count). The molecule has 0 spiro atoms. The number of benzene rings is 2. The number of rotatable bonds is 5. The summed E-state index contributed by atoms with van der Waals surface area (Å²) >= 11 is 1.52.